The zero-order valence-corrected chi connectivity index (χ0v) is 20.5. The number of benzene rings is 1. The van der Waals surface area contributed by atoms with Crippen LogP contribution in [0.3, 0.4) is 0 Å². The molecule has 0 saturated carbocycles. The molecule has 1 aliphatic heterocycles. The van der Waals surface area contributed by atoms with Crippen molar-refractivity contribution >= 4 is 16.7 Å². The maximum absolute atomic E-state index is 12.9. The number of rotatable bonds is 3. The highest BCUT2D eigenvalue weighted by atomic mass is 16.1. The van der Waals surface area contributed by atoms with Gasteiger partial charge in [0.1, 0.15) is 28.9 Å². The highest BCUT2D eigenvalue weighted by Crippen LogP contribution is 2.30. The second-order valence-corrected chi connectivity index (χ2v) is 10.1. The number of hydrogen-bond acceptors (Lipinski definition) is 6. The van der Waals surface area contributed by atoms with Crippen molar-refractivity contribution in [2.24, 2.45) is 7.05 Å². The number of nitriles is 2. The first kappa shape index (κ1) is 23.5. The molecule has 0 N–H and O–H groups in total. The quantitative estimate of drug-likeness (QED) is 0.600. The number of piperazine rings is 1. The second kappa shape index (κ2) is 8.93. The summed E-state index contributed by atoms with van der Waals surface area (Å²) in [6.45, 7) is 11.8. The summed E-state index contributed by atoms with van der Waals surface area (Å²) in [6, 6.07) is 16.5. The lowest BCUT2D eigenvalue weighted by molar-refractivity contribution is 0.181. The maximum atomic E-state index is 12.9. The average Bonchev–Trinajstić information content (AvgIpc) is 2.82. The van der Waals surface area contributed by atoms with Crippen LogP contribution in [0.5, 0.6) is 0 Å². The summed E-state index contributed by atoms with van der Waals surface area (Å²) < 4.78 is 1.44. The van der Waals surface area contributed by atoms with E-state index in [1.165, 1.54) is 15.7 Å². The van der Waals surface area contributed by atoms with Crippen LogP contribution in [0.25, 0.3) is 11.0 Å². The molecule has 0 bridgehead atoms. The van der Waals surface area contributed by atoms with E-state index in [-0.39, 0.29) is 28.3 Å². The molecule has 34 heavy (non-hydrogen) atoms. The van der Waals surface area contributed by atoms with Crippen molar-refractivity contribution in [1.29, 1.82) is 10.5 Å². The number of anilines is 1. The number of aromatic nitrogens is 2. The number of fused-ring (bicyclic) bond motifs is 1. The summed E-state index contributed by atoms with van der Waals surface area (Å²) in [7, 11) is 1.63. The summed E-state index contributed by atoms with van der Waals surface area (Å²) in [5, 5.41) is 19.2. The molecule has 3 aromatic rings. The lowest BCUT2D eigenvalue weighted by atomic mass is 9.86. The molecule has 0 radical (unpaired) electrons. The Morgan fingerprint density at radius 2 is 1.76 bits per heavy atom. The molecule has 1 aliphatic rings. The van der Waals surface area contributed by atoms with Gasteiger partial charge in [-0.3, -0.25) is 9.69 Å². The van der Waals surface area contributed by atoms with E-state index < -0.39 is 0 Å². The van der Waals surface area contributed by atoms with E-state index in [2.05, 4.69) is 78.9 Å². The van der Waals surface area contributed by atoms with Crippen LogP contribution in [0, 0.1) is 22.7 Å². The Morgan fingerprint density at radius 1 is 1.06 bits per heavy atom. The van der Waals surface area contributed by atoms with E-state index in [4.69, 9.17) is 0 Å². The van der Waals surface area contributed by atoms with Crippen molar-refractivity contribution in [2.75, 3.05) is 24.5 Å². The zero-order chi connectivity index (χ0) is 24.6. The van der Waals surface area contributed by atoms with Crippen molar-refractivity contribution in [3.63, 3.8) is 0 Å². The maximum Gasteiger partial charge on any atom is 0.270 e. The third-order valence-corrected chi connectivity index (χ3v) is 6.73. The van der Waals surface area contributed by atoms with Gasteiger partial charge in [0.25, 0.3) is 5.56 Å². The monoisotopic (exact) mass is 454 g/mol. The second-order valence-electron chi connectivity index (χ2n) is 10.1. The van der Waals surface area contributed by atoms with Crippen LogP contribution in [-0.2, 0) is 19.0 Å². The lowest BCUT2D eigenvalue weighted by Crippen LogP contribution is -2.52. The summed E-state index contributed by atoms with van der Waals surface area (Å²) in [5.74, 6) is 0. The van der Waals surface area contributed by atoms with Gasteiger partial charge in [0.2, 0.25) is 0 Å². The van der Waals surface area contributed by atoms with Crippen LogP contribution >= 0.6 is 0 Å². The van der Waals surface area contributed by atoms with Crippen LogP contribution < -0.4 is 10.5 Å². The average molecular weight is 455 g/mol. The Kier molecular flexibility index (Phi) is 6.17. The van der Waals surface area contributed by atoms with Crippen molar-refractivity contribution in [3.05, 3.63) is 69.1 Å². The number of aryl methyl sites for hydroxylation is 1. The van der Waals surface area contributed by atoms with Gasteiger partial charge in [0.05, 0.1) is 11.2 Å². The van der Waals surface area contributed by atoms with Crippen molar-refractivity contribution in [2.45, 2.75) is 45.7 Å². The molecule has 0 amide bonds. The minimum Gasteiger partial charge on any atom is -0.366 e. The molecule has 7 nitrogen and oxygen atoms in total. The van der Waals surface area contributed by atoms with Gasteiger partial charge in [0.15, 0.2) is 0 Å². The predicted molar refractivity (Wildman–Crippen MR) is 134 cm³/mol. The molecular weight excluding hydrogens is 424 g/mol. The summed E-state index contributed by atoms with van der Waals surface area (Å²) in [5.41, 5.74) is 4.40. The fraction of sp³-hybridized carbons (Fsp3) is 0.407. The molecule has 2 aromatic heterocycles. The first-order chi connectivity index (χ1) is 16.1. The van der Waals surface area contributed by atoms with Gasteiger partial charge < -0.3 is 9.47 Å². The van der Waals surface area contributed by atoms with Gasteiger partial charge in [-0.1, -0.05) is 45.0 Å². The van der Waals surface area contributed by atoms with Crippen LogP contribution in [0.4, 0.5) is 5.69 Å². The number of pyridine rings is 2. The molecule has 174 valence electrons. The molecule has 0 unspecified atom stereocenters. The Bertz CT molecular complexity index is 1370. The molecule has 0 aliphatic carbocycles. The Morgan fingerprint density at radius 3 is 2.35 bits per heavy atom. The highest BCUT2D eigenvalue weighted by Gasteiger charge is 2.29. The van der Waals surface area contributed by atoms with Crippen LogP contribution in [0.1, 0.15) is 50.1 Å². The van der Waals surface area contributed by atoms with Gasteiger partial charge in [0, 0.05) is 39.3 Å². The van der Waals surface area contributed by atoms with Crippen LogP contribution in [0.2, 0.25) is 0 Å². The van der Waals surface area contributed by atoms with Gasteiger partial charge in [-0.05, 0) is 35.6 Å². The largest absolute Gasteiger partial charge is 0.366 e. The number of nitrogens with zero attached hydrogens (tertiary/aromatic N) is 6. The molecular formula is C27H30N6O. The fourth-order valence-corrected chi connectivity index (χ4v) is 4.64. The normalized spacial score (nSPS) is 16.9. The van der Waals surface area contributed by atoms with E-state index in [1.807, 2.05) is 0 Å². The molecule has 1 fully saturated rings. The molecule has 4 rings (SSSR count). The van der Waals surface area contributed by atoms with Gasteiger partial charge in [-0.25, -0.2) is 4.98 Å². The Hall–Kier alpha value is -3.68. The van der Waals surface area contributed by atoms with Gasteiger partial charge >= 0.3 is 0 Å². The van der Waals surface area contributed by atoms with E-state index in [0.717, 1.165) is 13.1 Å². The molecule has 1 atom stereocenters. The van der Waals surface area contributed by atoms with Crippen molar-refractivity contribution in [1.82, 2.24) is 14.5 Å². The van der Waals surface area contributed by atoms with Crippen LogP contribution in [0.15, 0.2) is 41.2 Å². The van der Waals surface area contributed by atoms with E-state index in [9.17, 15) is 15.3 Å². The standard InChI is InChI=1S/C27H30N6O/c1-18-16-33(13-12-32(18)17-19-6-8-20(9-7-19)27(2,3)4)25-22(15-29)26(34)31(5)23-11-10-21(14-28)30-24(23)25/h6-11,18H,12-13,16-17H2,1-5H3/t18-/m1/s1. The zero-order valence-electron chi connectivity index (χ0n) is 20.5. The molecule has 7 heteroatoms. The third kappa shape index (κ3) is 4.27. The minimum atomic E-state index is -0.342. The van der Waals surface area contributed by atoms with Gasteiger partial charge in [-0.2, -0.15) is 10.5 Å². The predicted octanol–water partition coefficient (Wildman–Crippen LogP) is 3.69. The van der Waals surface area contributed by atoms with Gasteiger partial charge in [-0.15, -0.1) is 0 Å². The molecule has 1 aromatic carbocycles. The van der Waals surface area contributed by atoms with Crippen molar-refractivity contribution < 1.29 is 0 Å². The highest BCUT2D eigenvalue weighted by molar-refractivity contribution is 5.92. The summed E-state index contributed by atoms with van der Waals surface area (Å²) in [4.78, 5) is 21.9. The molecule has 1 saturated heterocycles. The molecule has 0 spiro atoms. The van der Waals surface area contributed by atoms with E-state index >= 15 is 0 Å². The summed E-state index contributed by atoms with van der Waals surface area (Å²) >= 11 is 0. The molecule has 3 heterocycles. The SMILES string of the molecule is C[C@@H]1CN(c2c(C#N)c(=O)n(C)c3ccc(C#N)nc23)CCN1Cc1ccc(C(C)(C)C)cc1. The van der Waals surface area contributed by atoms with E-state index in [1.54, 1.807) is 19.2 Å². The lowest BCUT2D eigenvalue weighted by Gasteiger charge is -2.41. The Labute approximate surface area is 200 Å². The summed E-state index contributed by atoms with van der Waals surface area (Å²) in [6.07, 6.45) is 0. The van der Waals surface area contributed by atoms with Crippen LogP contribution in [-0.4, -0.2) is 40.1 Å². The fourth-order valence-electron chi connectivity index (χ4n) is 4.64. The first-order valence-electron chi connectivity index (χ1n) is 11.6. The van der Waals surface area contributed by atoms with Crippen molar-refractivity contribution in [3.8, 4) is 12.1 Å². The van der Waals surface area contributed by atoms with E-state index in [0.29, 0.717) is 29.8 Å². The Balaban J connectivity index is 1.63. The topological polar surface area (TPSA) is 88.9 Å². The number of hydrogen-bond donors (Lipinski definition) is 0. The third-order valence-electron chi connectivity index (χ3n) is 6.73. The smallest absolute Gasteiger partial charge is 0.270 e. The minimum absolute atomic E-state index is 0.0796. The first-order valence-corrected chi connectivity index (χ1v) is 11.6.